The highest BCUT2D eigenvalue weighted by molar-refractivity contribution is 7.13. The van der Waals surface area contributed by atoms with Crippen molar-refractivity contribution in [2.24, 2.45) is 0 Å². The fraction of sp³-hybridized carbons (Fsp3) is 0.300. The second-order valence-electron chi connectivity index (χ2n) is 2.99. The monoisotopic (exact) mass is 226 g/mol. The first-order valence-electron chi connectivity index (χ1n) is 4.52. The van der Waals surface area contributed by atoms with Crippen molar-refractivity contribution in [3.63, 3.8) is 0 Å². The number of hydrogen-bond acceptors (Lipinski definition) is 2. The van der Waals surface area contributed by atoms with E-state index in [1.165, 1.54) is 4.88 Å². The van der Waals surface area contributed by atoms with Gasteiger partial charge < -0.3 is 0 Å². The van der Waals surface area contributed by atoms with Crippen LogP contribution in [0.15, 0.2) is 17.5 Å². The molecule has 14 heavy (non-hydrogen) atoms. The van der Waals surface area contributed by atoms with E-state index in [0.717, 1.165) is 23.4 Å². The molecule has 2 heterocycles. The summed E-state index contributed by atoms with van der Waals surface area (Å²) < 4.78 is 0. The van der Waals surface area contributed by atoms with Crippen molar-refractivity contribution in [3.05, 3.63) is 28.8 Å². The van der Waals surface area contributed by atoms with Gasteiger partial charge in [0.15, 0.2) is 0 Å². The van der Waals surface area contributed by atoms with Gasteiger partial charge in [0.05, 0.1) is 10.8 Å². The van der Waals surface area contributed by atoms with Crippen molar-refractivity contribution in [2.45, 2.75) is 19.2 Å². The van der Waals surface area contributed by atoms with E-state index in [-0.39, 0.29) is 0 Å². The topological polar surface area (TPSA) is 28.7 Å². The Labute approximate surface area is 91.9 Å². The summed E-state index contributed by atoms with van der Waals surface area (Å²) in [6.45, 7) is 2.10. The number of hydrogen-bond donors (Lipinski definition) is 1. The third-order valence-electron chi connectivity index (χ3n) is 2.19. The number of aromatic amines is 1. The number of nitrogens with one attached hydrogen (secondary N) is 1. The Kier molecular flexibility index (Phi) is 2.89. The number of H-pyrrole nitrogens is 1. The summed E-state index contributed by atoms with van der Waals surface area (Å²) in [5.74, 6) is 0.521. The predicted octanol–water partition coefficient (Wildman–Crippen LogP) is 3.44. The van der Waals surface area contributed by atoms with E-state index in [9.17, 15) is 0 Å². The normalized spacial score (nSPS) is 10.7. The van der Waals surface area contributed by atoms with Crippen molar-refractivity contribution < 1.29 is 0 Å². The highest BCUT2D eigenvalue weighted by Crippen LogP contribution is 2.28. The Hall–Kier alpha value is -0.800. The van der Waals surface area contributed by atoms with Gasteiger partial charge in [0.2, 0.25) is 0 Å². The molecule has 0 bridgehead atoms. The van der Waals surface area contributed by atoms with Gasteiger partial charge in [-0.25, -0.2) is 0 Å². The quantitative estimate of drug-likeness (QED) is 0.799. The summed E-state index contributed by atoms with van der Waals surface area (Å²) >= 11 is 7.61. The summed E-state index contributed by atoms with van der Waals surface area (Å²) in [6.07, 6.45) is 0.945. The lowest BCUT2D eigenvalue weighted by molar-refractivity contribution is 0.968. The zero-order valence-corrected chi connectivity index (χ0v) is 9.45. The molecule has 2 rings (SSSR count). The fourth-order valence-corrected chi connectivity index (χ4v) is 2.48. The van der Waals surface area contributed by atoms with Gasteiger partial charge in [0, 0.05) is 11.3 Å². The second kappa shape index (κ2) is 4.15. The lowest BCUT2D eigenvalue weighted by atomic mass is 10.1. The largest absolute Gasteiger partial charge is 0.282 e. The van der Waals surface area contributed by atoms with Gasteiger partial charge in [-0.15, -0.1) is 22.9 Å². The number of nitrogens with zero attached hydrogens (tertiary/aromatic N) is 1. The lowest BCUT2D eigenvalue weighted by Crippen LogP contribution is -1.86. The zero-order chi connectivity index (χ0) is 9.97. The molecule has 0 amide bonds. The van der Waals surface area contributed by atoms with Gasteiger partial charge in [-0.05, 0) is 17.9 Å². The minimum absolute atomic E-state index is 0.521. The summed E-state index contributed by atoms with van der Waals surface area (Å²) in [5, 5.41) is 9.39. The van der Waals surface area contributed by atoms with Crippen LogP contribution in [0.3, 0.4) is 0 Å². The molecule has 0 unspecified atom stereocenters. The molecule has 0 atom stereocenters. The molecular formula is C10H11ClN2S. The van der Waals surface area contributed by atoms with Crippen molar-refractivity contribution >= 4 is 22.9 Å². The molecule has 0 saturated heterocycles. The Morgan fingerprint density at radius 1 is 1.57 bits per heavy atom. The SMILES string of the molecule is CCc1[nH]nc(-c2cccs2)c1CCl. The Morgan fingerprint density at radius 2 is 2.43 bits per heavy atom. The summed E-state index contributed by atoms with van der Waals surface area (Å²) in [5.41, 5.74) is 3.28. The highest BCUT2D eigenvalue weighted by Gasteiger charge is 2.12. The van der Waals surface area contributed by atoms with E-state index in [0.29, 0.717) is 5.88 Å². The predicted molar refractivity (Wildman–Crippen MR) is 60.8 cm³/mol. The average Bonchev–Trinajstić information content (AvgIpc) is 2.85. The maximum absolute atomic E-state index is 5.92. The van der Waals surface area contributed by atoms with Crippen LogP contribution in [-0.2, 0) is 12.3 Å². The van der Waals surface area contributed by atoms with Gasteiger partial charge >= 0.3 is 0 Å². The van der Waals surface area contributed by atoms with Crippen molar-refractivity contribution in [1.29, 1.82) is 0 Å². The summed E-state index contributed by atoms with van der Waals surface area (Å²) in [4.78, 5) is 1.18. The molecule has 0 fully saturated rings. The molecule has 2 nitrogen and oxygen atoms in total. The van der Waals surface area contributed by atoms with E-state index in [2.05, 4.69) is 23.2 Å². The molecule has 2 aromatic rings. The summed E-state index contributed by atoms with van der Waals surface area (Å²) in [6, 6.07) is 4.09. The van der Waals surface area contributed by atoms with Crippen LogP contribution in [-0.4, -0.2) is 10.2 Å². The van der Waals surface area contributed by atoms with Crippen molar-refractivity contribution in [1.82, 2.24) is 10.2 Å². The van der Waals surface area contributed by atoms with Crippen LogP contribution < -0.4 is 0 Å². The molecule has 0 saturated carbocycles. The maximum atomic E-state index is 5.92. The molecule has 0 aromatic carbocycles. The Morgan fingerprint density at radius 3 is 3.00 bits per heavy atom. The second-order valence-corrected chi connectivity index (χ2v) is 4.21. The van der Waals surface area contributed by atoms with Gasteiger partial charge in [-0.3, -0.25) is 5.10 Å². The lowest BCUT2D eigenvalue weighted by Gasteiger charge is -1.97. The van der Waals surface area contributed by atoms with Crippen LogP contribution in [0, 0.1) is 0 Å². The number of thiophene rings is 1. The van der Waals surface area contributed by atoms with Crippen LogP contribution in [0.25, 0.3) is 10.6 Å². The minimum Gasteiger partial charge on any atom is -0.282 e. The van der Waals surface area contributed by atoms with E-state index in [4.69, 9.17) is 11.6 Å². The fourth-order valence-electron chi connectivity index (χ4n) is 1.45. The van der Waals surface area contributed by atoms with Crippen LogP contribution >= 0.6 is 22.9 Å². The molecule has 0 radical (unpaired) electrons. The minimum atomic E-state index is 0.521. The first-order valence-corrected chi connectivity index (χ1v) is 5.94. The molecule has 2 aromatic heterocycles. The molecule has 1 N–H and O–H groups in total. The van der Waals surface area contributed by atoms with Crippen LogP contribution in [0.2, 0.25) is 0 Å². The van der Waals surface area contributed by atoms with E-state index in [1.807, 2.05) is 11.4 Å². The van der Waals surface area contributed by atoms with E-state index >= 15 is 0 Å². The molecule has 4 heteroatoms. The Bertz CT molecular complexity index is 406. The van der Waals surface area contributed by atoms with Crippen LogP contribution in [0.4, 0.5) is 0 Å². The van der Waals surface area contributed by atoms with Crippen LogP contribution in [0.5, 0.6) is 0 Å². The smallest absolute Gasteiger partial charge is 0.107 e. The van der Waals surface area contributed by atoms with E-state index in [1.54, 1.807) is 11.3 Å². The summed E-state index contributed by atoms with van der Waals surface area (Å²) in [7, 11) is 0. The van der Waals surface area contributed by atoms with E-state index < -0.39 is 0 Å². The number of rotatable bonds is 3. The third kappa shape index (κ3) is 1.57. The molecule has 0 aliphatic rings. The van der Waals surface area contributed by atoms with Gasteiger partial charge in [-0.2, -0.15) is 5.10 Å². The molecular weight excluding hydrogens is 216 g/mol. The number of halogens is 1. The van der Waals surface area contributed by atoms with Gasteiger partial charge in [0.1, 0.15) is 5.69 Å². The number of aromatic nitrogens is 2. The first-order chi connectivity index (χ1) is 6.86. The Balaban J connectivity index is 2.48. The number of alkyl halides is 1. The highest BCUT2D eigenvalue weighted by atomic mass is 35.5. The van der Waals surface area contributed by atoms with Crippen molar-refractivity contribution in [2.75, 3.05) is 0 Å². The van der Waals surface area contributed by atoms with Crippen molar-refractivity contribution in [3.8, 4) is 10.6 Å². The van der Waals surface area contributed by atoms with Gasteiger partial charge in [0.25, 0.3) is 0 Å². The molecule has 0 aliphatic heterocycles. The van der Waals surface area contributed by atoms with Gasteiger partial charge in [-0.1, -0.05) is 13.0 Å². The maximum Gasteiger partial charge on any atom is 0.107 e. The zero-order valence-electron chi connectivity index (χ0n) is 7.88. The standard InChI is InChI=1S/C10H11ClN2S/c1-2-8-7(6-11)10(13-12-8)9-4-3-5-14-9/h3-5H,2,6H2,1H3,(H,12,13). The molecule has 74 valence electrons. The van der Waals surface area contributed by atoms with Crippen LogP contribution in [0.1, 0.15) is 18.2 Å². The third-order valence-corrected chi connectivity index (χ3v) is 3.34. The molecule has 0 aliphatic carbocycles. The average molecular weight is 227 g/mol. The first kappa shape index (κ1) is 9.74. The number of aryl methyl sites for hydroxylation is 1. The molecule has 0 spiro atoms.